The summed E-state index contributed by atoms with van der Waals surface area (Å²) in [6.07, 6.45) is 2.56. The van der Waals surface area contributed by atoms with Gasteiger partial charge in [-0.05, 0) is 15.9 Å². The Balaban J connectivity index is 2.08. The summed E-state index contributed by atoms with van der Waals surface area (Å²) in [5.41, 5.74) is 0. The minimum atomic E-state index is -0.605. The maximum Gasteiger partial charge on any atom is 0.138 e. The Kier molecular flexibility index (Phi) is 2.87. The first kappa shape index (κ1) is 10.1. The third-order valence-electron chi connectivity index (χ3n) is 2.29. The predicted octanol–water partition coefficient (Wildman–Crippen LogP) is 0.286. The topological polar surface area (TPSA) is 67.5 Å². The highest BCUT2D eigenvalue weighted by Gasteiger charge is 2.34. The van der Waals surface area contributed by atoms with Crippen LogP contribution in [0, 0.1) is 0 Å². The molecule has 1 aliphatic rings. The van der Waals surface area contributed by atoms with E-state index in [1.165, 1.54) is 0 Å². The van der Waals surface area contributed by atoms with Crippen LogP contribution >= 0.6 is 15.9 Å². The summed E-state index contributed by atoms with van der Waals surface area (Å²) < 4.78 is 7.92. The Morgan fingerprint density at radius 2 is 2.50 bits per heavy atom. The monoisotopic (exact) mass is 262 g/mol. The fourth-order valence-electron chi connectivity index (χ4n) is 1.53. The summed E-state index contributed by atoms with van der Waals surface area (Å²) in [5.74, 6) is 0. The summed E-state index contributed by atoms with van der Waals surface area (Å²) in [7, 11) is 0. The Morgan fingerprint density at radius 1 is 1.71 bits per heavy atom. The second-order valence-electron chi connectivity index (χ2n) is 3.26. The van der Waals surface area contributed by atoms with Gasteiger partial charge >= 0.3 is 0 Å². The molecule has 1 aromatic heterocycles. The van der Waals surface area contributed by atoms with Gasteiger partial charge in [0.2, 0.25) is 0 Å². The van der Waals surface area contributed by atoms with Gasteiger partial charge in [-0.2, -0.15) is 0 Å². The van der Waals surface area contributed by atoms with E-state index in [4.69, 9.17) is 9.84 Å². The van der Waals surface area contributed by atoms with Gasteiger partial charge in [0.1, 0.15) is 16.9 Å². The molecule has 0 bridgehead atoms. The number of aliphatic hydroxyl groups is 2. The molecule has 2 heterocycles. The fourth-order valence-corrected chi connectivity index (χ4v) is 1.86. The average Bonchev–Trinajstić information content (AvgIpc) is 2.71. The molecule has 0 radical (unpaired) electrons. The van der Waals surface area contributed by atoms with E-state index in [9.17, 15) is 5.11 Å². The van der Waals surface area contributed by atoms with Crippen LogP contribution in [0.25, 0.3) is 0 Å². The van der Waals surface area contributed by atoms with Crippen molar-refractivity contribution in [2.24, 2.45) is 0 Å². The Morgan fingerprint density at radius 3 is 3.00 bits per heavy atom. The van der Waals surface area contributed by atoms with Gasteiger partial charge in [0.25, 0.3) is 0 Å². The minimum absolute atomic E-state index is 0.159. The molecular formula is C8H11BrN2O3. The van der Waals surface area contributed by atoms with Crippen molar-refractivity contribution in [2.45, 2.75) is 24.9 Å². The van der Waals surface area contributed by atoms with Crippen LogP contribution in [0.5, 0.6) is 0 Å². The molecule has 0 aromatic carbocycles. The minimum Gasteiger partial charge on any atom is -0.394 e. The largest absolute Gasteiger partial charge is 0.394 e. The number of nitrogens with zero attached hydrogens (tertiary/aromatic N) is 2. The second kappa shape index (κ2) is 3.98. The molecule has 3 atom stereocenters. The van der Waals surface area contributed by atoms with Crippen molar-refractivity contribution in [3.05, 3.63) is 17.1 Å². The van der Waals surface area contributed by atoms with Crippen molar-refractivity contribution in [1.29, 1.82) is 0 Å². The molecule has 78 valence electrons. The van der Waals surface area contributed by atoms with Crippen LogP contribution in [0.4, 0.5) is 0 Å². The number of hydrogen-bond donors (Lipinski definition) is 2. The zero-order chi connectivity index (χ0) is 10.1. The molecule has 0 saturated carbocycles. The number of ether oxygens (including phenoxy) is 1. The molecule has 0 aliphatic carbocycles. The number of aromatic nitrogens is 2. The normalized spacial score (nSPS) is 32.4. The molecule has 0 unspecified atom stereocenters. The van der Waals surface area contributed by atoms with Gasteiger partial charge in [0, 0.05) is 12.6 Å². The Hall–Kier alpha value is -0.430. The number of halogens is 1. The summed E-state index contributed by atoms with van der Waals surface area (Å²) in [6.45, 7) is -0.159. The van der Waals surface area contributed by atoms with Crippen LogP contribution in [0.15, 0.2) is 17.1 Å². The SMILES string of the molecule is OC[C@H]1O[C@@H](n2cnc(Br)c2)C[C@@H]1O. The predicted molar refractivity (Wildman–Crippen MR) is 51.5 cm³/mol. The van der Waals surface area contributed by atoms with E-state index in [0.29, 0.717) is 6.42 Å². The molecule has 5 nitrogen and oxygen atoms in total. The average molecular weight is 263 g/mol. The summed E-state index contributed by atoms with van der Waals surface area (Å²) >= 11 is 3.23. The summed E-state index contributed by atoms with van der Waals surface area (Å²) in [4.78, 5) is 3.99. The van der Waals surface area contributed by atoms with E-state index in [2.05, 4.69) is 20.9 Å². The maximum atomic E-state index is 9.50. The number of rotatable bonds is 2. The second-order valence-corrected chi connectivity index (χ2v) is 4.07. The smallest absolute Gasteiger partial charge is 0.138 e. The lowest BCUT2D eigenvalue weighted by Gasteiger charge is -2.12. The first-order valence-electron chi connectivity index (χ1n) is 4.34. The van der Waals surface area contributed by atoms with Gasteiger partial charge in [-0.25, -0.2) is 4.98 Å². The van der Waals surface area contributed by atoms with Crippen LogP contribution in [0.1, 0.15) is 12.6 Å². The molecule has 6 heteroatoms. The molecule has 14 heavy (non-hydrogen) atoms. The van der Waals surface area contributed by atoms with Crippen LogP contribution in [-0.2, 0) is 4.74 Å². The Bertz CT molecular complexity index is 317. The van der Waals surface area contributed by atoms with E-state index >= 15 is 0 Å². The van der Waals surface area contributed by atoms with Gasteiger partial charge in [-0.3, -0.25) is 0 Å². The summed E-state index contributed by atoms with van der Waals surface area (Å²) in [6, 6.07) is 0. The molecule has 1 fully saturated rings. The van der Waals surface area contributed by atoms with Gasteiger partial charge in [0.15, 0.2) is 0 Å². The van der Waals surface area contributed by atoms with E-state index in [0.717, 1.165) is 4.60 Å². The molecular weight excluding hydrogens is 252 g/mol. The van der Waals surface area contributed by atoms with Crippen molar-refractivity contribution in [3.8, 4) is 0 Å². The van der Waals surface area contributed by atoms with Crippen molar-refractivity contribution in [1.82, 2.24) is 9.55 Å². The van der Waals surface area contributed by atoms with E-state index in [-0.39, 0.29) is 12.8 Å². The van der Waals surface area contributed by atoms with Crippen molar-refractivity contribution >= 4 is 15.9 Å². The zero-order valence-electron chi connectivity index (χ0n) is 7.38. The molecule has 2 rings (SSSR count). The number of hydrogen-bond acceptors (Lipinski definition) is 4. The highest BCUT2D eigenvalue weighted by molar-refractivity contribution is 9.10. The van der Waals surface area contributed by atoms with E-state index < -0.39 is 12.2 Å². The van der Waals surface area contributed by atoms with Gasteiger partial charge < -0.3 is 19.5 Å². The van der Waals surface area contributed by atoms with E-state index in [1.54, 1.807) is 17.1 Å². The van der Waals surface area contributed by atoms with Gasteiger partial charge in [-0.15, -0.1) is 0 Å². The number of imidazole rings is 1. The van der Waals surface area contributed by atoms with Crippen LogP contribution in [0.3, 0.4) is 0 Å². The molecule has 1 aromatic rings. The molecule has 1 aliphatic heterocycles. The van der Waals surface area contributed by atoms with Crippen molar-refractivity contribution in [2.75, 3.05) is 6.61 Å². The fraction of sp³-hybridized carbons (Fsp3) is 0.625. The quantitative estimate of drug-likeness (QED) is 0.804. The highest BCUT2D eigenvalue weighted by Crippen LogP contribution is 2.28. The molecule has 0 spiro atoms. The van der Waals surface area contributed by atoms with Gasteiger partial charge in [0.05, 0.1) is 19.0 Å². The van der Waals surface area contributed by atoms with Gasteiger partial charge in [-0.1, -0.05) is 0 Å². The van der Waals surface area contributed by atoms with Crippen molar-refractivity contribution in [3.63, 3.8) is 0 Å². The van der Waals surface area contributed by atoms with Crippen LogP contribution in [-0.4, -0.2) is 38.6 Å². The molecule has 2 N–H and O–H groups in total. The Labute approximate surface area is 89.5 Å². The maximum absolute atomic E-state index is 9.50. The van der Waals surface area contributed by atoms with Crippen LogP contribution < -0.4 is 0 Å². The first-order valence-corrected chi connectivity index (χ1v) is 5.13. The molecule has 0 amide bonds. The zero-order valence-corrected chi connectivity index (χ0v) is 8.96. The van der Waals surface area contributed by atoms with E-state index in [1.807, 2.05) is 0 Å². The van der Waals surface area contributed by atoms with Crippen LogP contribution in [0.2, 0.25) is 0 Å². The standard InChI is InChI=1S/C8H11BrN2O3/c9-7-2-11(4-10-7)8-1-5(13)6(3-12)14-8/h2,4-6,8,12-13H,1,3H2/t5-,6+,8+/m0/s1. The lowest BCUT2D eigenvalue weighted by atomic mass is 10.2. The molecule has 1 saturated heterocycles. The number of aliphatic hydroxyl groups excluding tert-OH is 2. The summed E-state index contributed by atoms with van der Waals surface area (Å²) in [5, 5.41) is 18.4. The lowest BCUT2D eigenvalue weighted by molar-refractivity contribution is -0.0444. The third-order valence-corrected chi connectivity index (χ3v) is 2.70. The van der Waals surface area contributed by atoms with Crippen molar-refractivity contribution < 1.29 is 14.9 Å². The highest BCUT2D eigenvalue weighted by atomic mass is 79.9. The third kappa shape index (κ3) is 1.83. The first-order chi connectivity index (χ1) is 6.70. The lowest BCUT2D eigenvalue weighted by Crippen LogP contribution is -2.24.